The van der Waals surface area contributed by atoms with Gasteiger partial charge >= 0.3 is 0 Å². The van der Waals surface area contributed by atoms with E-state index in [1.807, 2.05) is 71.6 Å². The van der Waals surface area contributed by atoms with Gasteiger partial charge in [-0.1, -0.05) is 30.3 Å². The van der Waals surface area contributed by atoms with Crippen molar-refractivity contribution in [3.63, 3.8) is 0 Å². The van der Waals surface area contributed by atoms with Crippen LogP contribution in [-0.4, -0.2) is 9.36 Å². The van der Waals surface area contributed by atoms with Crippen LogP contribution < -0.4 is 10.5 Å². The van der Waals surface area contributed by atoms with Gasteiger partial charge in [0.1, 0.15) is 16.9 Å². The minimum Gasteiger partial charge on any atom is -0.324 e. The molecule has 0 N–H and O–H groups in total. The van der Waals surface area contributed by atoms with Gasteiger partial charge in [-0.15, -0.1) is 11.8 Å². The zero-order valence-corrected chi connectivity index (χ0v) is 15.3. The number of benzene rings is 2. The third-order valence-corrected chi connectivity index (χ3v) is 5.63. The summed E-state index contributed by atoms with van der Waals surface area (Å²) in [6.45, 7) is 1.93. The maximum absolute atomic E-state index is 13.7. The first-order valence-electron chi connectivity index (χ1n) is 8.28. The highest BCUT2D eigenvalue weighted by Crippen LogP contribution is 2.42. The fourth-order valence-electron chi connectivity index (χ4n) is 3.26. The van der Waals surface area contributed by atoms with Crippen molar-refractivity contribution >= 4 is 17.4 Å². The van der Waals surface area contributed by atoms with Gasteiger partial charge in [0, 0.05) is 13.2 Å². The molecule has 0 amide bonds. The summed E-state index contributed by atoms with van der Waals surface area (Å²) in [5.41, 5.74) is 3.01. The highest BCUT2D eigenvalue weighted by Gasteiger charge is 2.29. The van der Waals surface area contributed by atoms with Gasteiger partial charge in [-0.3, -0.25) is 9.48 Å². The summed E-state index contributed by atoms with van der Waals surface area (Å²) in [5, 5.41) is 1.78. The first-order valence-corrected chi connectivity index (χ1v) is 9.22. The van der Waals surface area contributed by atoms with Crippen LogP contribution in [-0.2, 0) is 7.05 Å². The second-order valence-electron chi connectivity index (χ2n) is 6.15. The molecule has 1 aliphatic heterocycles. The van der Waals surface area contributed by atoms with Crippen LogP contribution in [0.3, 0.4) is 0 Å². The first kappa shape index (κ1) is 16.7. The van der Waals surface area contributed by atoms with Crippen molar-refractivity contribution in [1.29, 1.82) is 0 Å². The molecule has 0 fully saturated rings. The summed E-state index contributed by atoms with van der Waals surface area (Å²) in [4.78, 5) is 15.2. The molecule has 132 valence electrons. The third kappa shape index (κ3) is 2.66. The molecule has 4 rings (SSSR count). The summed E-state index contributed by atoms with van der Waals surface area (Å²) in [7, 11) is 1.87. The van der Waals surface area contributed by atoms with Gasteiger partial charge in [-0.2, -0.15) is 0 Å². The van der Waals surface area contributed by atoms with Crippen molar-refractivity contribution in [2.24, 2.45) is 7.05 Å². The minimum atomic E-state index is -0.276. The molecule has 1 atom stereocenters. The van der Waals surface area contributed by atoms with Crippen molar-refractivity contribution < 1.29 is 4.39 Å². The van der Waals surface area contributed by atoms with Gasteiger partial charge in [0.15, 0.2) is 0 Å². The monoisotopic (exact) mass is 367 g/mol. The van der Waals surface area contributed by atoms with Crippen molar-refractivity contribution in [1.82, 2.24) is 9.36 Å². The maximum Gasteiger partial charge on any atom is 0.295 e. The van der Waals surface area contributed by atoms with E-state index in [1.54, 1.807) is 22.5 Å². The summed E-state index contributed by atoms with van der Waals surface area (Å²) >= 11 is 1.56. The van der Waals surface area contributed by atoms with Crippen LogP contribution in [0.5, 0.6) is 0 Å². The number of nitrogens with zero attached hydrogens (tertiary/aromatic N) is 3. The largest absolute Gasteiger partial charge is 0.324 e. The topological polar surface area (TPSA) is 30.2 Å². The molecule has 1 aliphatic rings. The fourth-order valence-corrected chi connectivity index (χ4v) is 4.22. The summed E-state index contributed by atoms with van der Waals surface area (Å²) in [6, 6.07) is 16.1. The number of aromatic nitrogens is 2. The predicted molar refractivity (Wildman–Crippen MR) is 104 cm³/mol. The van der Waals surface area contributed by atoms with Gasteiger partial charge < -0.3 is 4.90 Å². The number of hydrogen-bond donors (Lipinski definition) is 0. The number of halogens is 1. The molecule has 3 aromatic rings. The van der Waals surface area contributed by atoms with Crippen LogP contribution in [0.1, 0.15) is 16.6 Å². The molecule has 0 radical (unpaired) electrons. The van der Waals surface area contributed by atoms with Crippen molar-refractivity contribution in [3.8, 4) is 5.69 Å². The molecule has 26 heavy (non-hydrogen) atoms. The van der Waals surface area contributed by atoms with E-state index >= 15 is 0 Å². The summed E-state index contributed by atoms with van der Waals surface area (Å²) in [6.07, 6.45) is 1.89. The SMILES string of the molecule is Cc1c(N2C=CSC2c2cccc(F)c2)c(=O)n(-c2ccccc2)n1C. The lowest BCUT2D eigenvalue weighted by Gasteiger charge is -2.24. The Labute approximate surface area is 155 Å². The second kappa shape index (κ2) is 6.53. The maximum atomic E-state index is 13.7. The van der Waals surface area contributed by atoms with E-state index in [0.717, 1.165) is 16.9 Å². The molecule has 6 heteroatoms. The van der Waals surface area contributed by atoms with E-state index in [1.165, 1.54) is 12.1 Å². The van der Waals surface area contributed by atoms with Gasteiger partial charge in [0.2, 0.25) is 0 Å². The normalized spacial score (nSPS) is 16.4. The van der Waals surface area contributed by atoms with Crippen LogP contribution in [0.2, 0.25) is 0 Å². The molecule has 0 saturated carbocycles. The zero-order valence-electron chi connectivity index (χ0n) is 14.5. The average Bonchev–Trinajstić information content (AvgIpc) is 3.19. The van der Waals surface area contributed by atoms with Gasteiger partial charge in [0.25, 0.3) is 5.56 Å². The van der Waals surface area contributed by atoms with Crippen LogP contribution >= 0.6 is 11.8 Å². The third-order valence-electron chi connectivity index (χ3n) is 4.60. The number of para-hydroxylation sites is 1. The lowest BCUT2D eigenvalue weighted by molar-refractivity contribution is 0.625. The Morgan fingerprint density at radius 2 is 1.85 bits per heavy atom. The van der Waals surface area contributed by atoms with Crippen LogP contribution in [0.15, 0.2) is 71.0 Å². The Bertz CT molecular complexity index is 1040. The van der Waals surface area contributed by atoms with Crippen molar-refractivity contribution in [2.45, 2.75) is 12.3 Å². The summed E-state index contributed by atoms with van der Waals surface area (Å²) < 4.78 is 17.2. The lowest BCUT2D eigenvalue weighted by Crippen LogP contribution is -2.26. The second-order valence-corrected chi connectivity index (χ2v) is 7.14. The van der Waals surface area contributed by atoms with E-state index in [9.17, 15) is 9.18 Å². The molecule has 0 aliphatic carbocycles. The fraction of sp³-hybridized carbons (Fsp3) is 0.150. The Hall–Kier alpha value is -2.73. The Kier molecular flexibility index (Phi) is 4.20. The molecule has 4 nitrogen and oxygen atoms in total. The van der Waals surface area contributed by atoms with Crippen LogP contribution in [0, 0.1) is 12.7 Å². The number of rotatable bonds is 3. The Morgan fingerprint density at radius 3 is 2.58 bits per heavy atom. The number of hydrogen-bond acceptors (Lipinski definition) is 3. The zero-order chi connectivity index (χ0) is 18.3. The van der Waals surface area contributed by atoms with E-state index < -0.39 is 0 Å². The molecule has 0 spiro atoms. The van der Waals surface area contributed by atoms with Crippen molar-refractivity contribution in [2.75, 3.05) is 4.90 Å². The molecular weight excluding hydrogens is 349 g/mol. The van der Waals surface area contributed by atoms with Gasteiger partial charge in [0.05, 0.1) is 11.4 Å². The van der Waals surface area contributed by atoms with Gasteiger partial charge in [-0.05, 0) is 42.2 Å². The summed E-state index contributed by atoms with van der Waals surface area (Å²) in [5.74, 6) is -0.276. The quantitative estimate of drug-likeness (QED) is 0.690. The highest BCUT2D eigenvalue weighted by molar-refractivity contribution is 8.02. The van der Waals surface area contributed by atoms with Crippen molar-refractivity contribution in [3.05, 3.63) is 93.6 Å². The Morgan fingerprint density at radius 1 is 1.08 bits per heavy atom. The number of anilines is 1. The van der Waals surface area contributed by atoms with Gasteiger partial charge in [-0.25, -0.2) is 9.07 Å². The number of thioether (sulfide) groups is 1. The Balaban J connectivity index is 1.83. The van der Waals surface area contributed by atoms with Crippen LogP contribution in [0.4, 0.5) is 10.1 Å². The molecule has 2 heterocycles. The van der Waals surface area contributed by atoms with E-state index in [4.69, 9.17) is 0 Å². The minimum absolute atomic E-state index is 0.0928. The van der Waals surface area contributed by atoms with E-state index in [-0.39, 0.29) is 16.8 Å². The van der Waals surface area contributed by atoms with E-state index in [2.05, 4.69) is 0 Å². The smallest absolute Gasteiger partial charge is 0.295 e. The van der Waals surface area contributed by atoms with Crippen LogP contribution in [0.25, 0.3) is 5.69 Å². The molecule has 2 aromatic carbocycles. The predicted octanol–water partition coefficient (Wildman–Crippen LogP) is 4.35. The molecule has 0 bridgehead atoms. The standard InChI is InChI=1S/C20H18FN3OS/c1-14-18(19(25)24(22(14)2)17-9-4-3-5-10-17)23-11-12-26-20(23)15-7-6-8-16(21)13-15/h3-13,20H,1-2H3. The van der Waals surface area contributed by atoms with E-state index in [0.29, 0.717) is 5.69 Å². The first-order chi connectivity index (χ1) is 12.6. The molecule has 1 aromatic heterocycles. The molecular formula is C20H18FN3OS. The molecule has 0 saturated heterocycles. The average molecular weight is 367 g/mol. The lowest BCUT2D eigenvalue weighted by atomic mass is 10.2. The molecule has 1 unspecified atom stereocenters. The highest BCUT2D eigenvalue weighted by atomic mass is 32.2.